The number of nitrogens with zero attached hydrogens (tertiary/aromatic N) is 3. The molecule has 7 nitrogen and oxygen atoms in total. The van der Waals surface area contributed by atoms with Gasteiger partial charge >= 0.3 is 0 Å². The number of furan rings is 1. The average molecular weight is 472 g/mol. The van der Waals surface area contributed by atoms with Crippen molar-refractivity contribution in [3.63, 3.8) is 0 Å². The van der Waals surface area contributed by atoms with Crippen LogP contribution in [0.1, 0.15) is 10.6 Å². The lowest BCUT2D eigenvalue weighted by Gasteiger charge is -2.33. The van der Waals surface area contributed by atoms with E-state index in [0.29, 0.717) is 10.8 Å². The molecule has 2 aromatic carbocycles. The van der Waals surface area contributed by atoms with E-state index in [9.17, 15) is 17.6 Å². The van der Waals surface area contributed by atoms with Crippen molar-refractivity contribution in [2.75, 3.05) is 26.2 Å². The predicted molar refractivity (Wildman–Crippen MR) is 118 cm³/mol. The molecule has 32 heavy (non-hydrogen) atoms. The maximum Gasteiger partial charge on any atom is 0.289 e. The number of rotatable bonds is 4. The Morgan fingerprint density at radius 2 is 1.78 bits per heavy atom. The van der Waals surface area contributed by atoms with Crippen LogP contribution in [0.5, 0.6) is 0 Å². The van der Waals surface area contributed by atoms with Crippen molar-refractivity contribution in [2.45, 2.75) is 4.90 Å². The van der Waals surface area contributed by atoms with Crippen molar-refractivity contribution in [3.05, 3.63) is 72.2 Å². The van der Waals surface area contributed by atoms with Crippen LogP contribution >= 0.6 is 11.3 Å². The lowest BCUT2D eigenvalue weighted by atomic mass is 10.3. The number of hydrogen-bond acceptors (Lipinski definition) is 6. The summed E-state index contributed by atoms with van der Waals surface area (Å²) >= 11 is 1.48. The highest BCUT2D eigenvalue weighted by atomic mass is 32.2. The molecule has 2 aromatic heterocycles. The molecule has 0 unspecified atom stereocenters. The number of hydrogen-bond donors (Lipinski definition) is 0. The summed E-state index contributed by atoms with van der Waals surface area (Å²) in [7, 11) is -3.82. The van der Waals surface area contributed by atoms with Crippen molar-refractivity contribution in [3.8, 4) is 10.8 Å². The number of fused-ring (bicyclic) bond motifs is 1. The SMILES string of the molecule is O=C(c1ccc(-c2nc3ccccc3s2)o1)N1CCN(S(=O)(=O)c2cccc(F)c2)CC1. The van der Waals surface area contributed by atoms with E-state index in [1.165, 1.54) is 33.8 Å². The fraction of sp³-hybridized carbons (Fsp3) is 0.182. The summed E-state index contributed by atoms with van der Waals surface area (Å²) in [6, 6.07) is 16.0. The number of piperazine rings is 1. The van der Waals surface area contributed by atoms with Gasteiger partial charge in [-0.1, -0.05) is 18.2 Å². The largest absolute Gasteiger partial charge is 0.448 e. The second-order valence-corrected chi connectivity index (χ2v) is 10.3. The standard InChI is InChI=1S/C22H18FN3O4S2/c23-15-4-3-5-16(14-15)32(28,29)26-12-10-25(11-13-26)22(27)19-9-8-18(30-19)21-24-17-6-1-2-7-20(17)31-21/h1-9,14H,10-13H2. The van der Waals surface area contributed by atoms with E-state index in [1.54, 1.807) is 17.0 Å². The Morgan fingerprint density at radius 1 is 1.00 bits per heavy atom. The first kappa shape index (κ1) is 20.8. The van der Waals surface area contributed by atoms with Crippen molar-refractivity contribution >= 4 is 37.5 Å². The number of sulfonamides is 1. The van der Waals surface area contributed by atoms with Gasteiger partial charge in [0.15, 0.2) is 16.5 Å². The first-order valence-electron chi connectivity index (χ1n) is 9.92. The first-order valence-corrected chi connectivity index (χ1v) is 12.2. The fourth-order valence-electron chi connectivity index (χ4n) is 3.61. The van der Waals surface area contributed by atoms with Crippen molar-refractivity contribution in [1.29, 1.82) is 0 Å². The van der Waals surface area contributed by atoms with E-state index >= 15 is 0 Å². The summed E-state index contributed by atoms with van der Waals surface area (Å²) in [5.41, 5.74) is 0.868. The molecule has 0 aliphatic carbocycles. The zero-order chi connectivity index (χ0) is 22.3. The molecular weight excluding hydrogens is 453 g/mol. The van der Waals surface area contributed by atoms with Gasteiger partial charge in [-0.05, 0) is 42.5 Å². The van der Waals surface area contributed by atoms with E-state index in [0.717, 1.165) is 16.3 Å². The molecule has 10 heteroatoms. The smallest absolute Gasteiger partial charge is 0.289 e. The quantitative estimate of drug-likeness (QED) is 0.452. The van der Waals surface area contributed by atoms with E-state index in [2.05, 4.69) is 4.98 Å². The molecule has 3 heterocycles. The third kappa shape index (κ3) is 3.81. The van der Waals surface area contributed by atoms with Crippen LogP contribution < -0.4 is 0 Å². The predicted octanol–water partition coefficient (Wildman–Crippen LogP) is 3.84. The Morgan fingerprint density at radius 3 is 2.53 bits per heavy atom. The number of thiazole rings is 1. The number of carbonyl (C=O) groups excluding carboxylic acids is 1. The maximum absolute atomic E-state index is 13.5. The minimum atomic E-state index is -3.82. The van der Waals surface area contributed by atoms with Crippen molar-refractivity contribution in [2.24, 2.45) is 0 Å². The Hall–Kier alpha value is -3.08. The molecule has 0 radical (unpaired) electrons. The maximum atomic E-state index is 13.5. The van der Waals surface area contributed by atoms with Crippen LogP contribution in [0.4, 0.5) is 4.39 Å². The topological polar surface area (TPSA) is 83.7 Å². The highest BCUT2D eigenvalue weighted by Crippen LogP contribution is 2.31. The molecule has 5 rings (SSSR count). The lowest BCUT2D eigenvalue weighted by molar-refractivity contribution is 0.0667. The molecule has 1 fully saturated rings. The summed E-state index contributed by atoms with van der Waals surface area (Å²) in [5, 5.41) is 0.691. The summed E-state index contributed by atoms with van der Waals surface area (Å²) in [6.07, 6.45) is 0. The average Bonchev–Trinajstić information content (AvgIpc) is 3.46. The molecular formula is C22H18FN3O4S2. The third-order valence-electron chi connectivity index (χ3n) is 5.28. The number of benzene rings is 2. The first-order chi connectivity index (χ1) is 15.4. The highest BCUT2D eigenvalue weighted by Gasteiger charge is 2.31. The number of halogens is 1. The molecule has 0 bridgehead atoms. The lowest BCUT2D eigenvalue weighted by Crippen LogP contribution is -2.50. The molecule has 1 amide bonds. The monoisotopic (exact) mass is 471 g/mol. The Balaban J connectivity index is 1.28. The van der Waals surface area contributed by atoms with Gasteiger partial charge in [0.25, 0.3) is 5.91 Å². The summed E-state index contributed by atoms with van der Waals surface area (Å²) < 4.78 is 47.0. The van der Waals surface area contributed by atoms with Gasteiger partial charge in [-0.2, -0.15) is 4.31 Å². The minimum absolute atomic E-state index is 0.0937. The van der Waals surface area contributed by atoms with Crippen LogP contribution in [0, 0.1) is 5.82 Å². The fourth-order valence-corrected chi connectivity index (χ4v) is 5.99. The Labute approximate surface area is 187 Å². The van der Waals surface area contributed by atoms with Gasteiger partial charge < -0.3 is 9.32 Å². The normalized spacial score (nSPS) is 15.3. The molecule has 1 aliphatic heterocycles. The highest BCUT2D eigenvalue weighted by molar-refractivity contribution is 7.89. The van der Waals surface area contributed by atoms with Gasteiger partial charge in [0.2, 0.25) is 10.0 Å². The van der Waals surface area contributed by atoms with Crippen molar-refractivity contribution in [1.82, 2.24) is 14.2 Å². The van der Waals surface area contributed by atoms with Crippen LogP contribution in [0.15, 0.2) is 70.0 Å². The molecule has 164 valence electrons. The van der Waals surface area contributed by atoms with Gasteiger partial charge in [0.05, 0.1) is 15.1 Å². The zero-order valence-electron chi connectivity index (χ0n) is 16.8. The molecule has 0 N–H and O–H groups in total. The van der Waals surface area contributed by atoms with Gasteiger partial charge in [0.1, 0.15) is 5.82 Å². The molecule has 0 saturated carbocycles. The third-order valence-corrected chi connectivity index (χ3v) is 8.23. The number of amides is 1. The van der Waals surface area contributed by atoms with Gasteiger partial charge in [0, 0.05) is 26.2 Å². The zero-order valence-corrected chi connectivity index (χ0v) is 18.4. The second kappa shape index (κ2) is 8.12. The second-order valence-electron chi connectivity index (χ2n) is 7.30. The molecule has 0 atom stereocenters. The van der Waals surface area contributed by atoms with Crippen LogP contribution in [0.3, 0.4) is 0 Å². The molecule has 4 aromatic rings. The van der Waals surface area contributed by atoms with Crippen LogP contribution in [-0.4, -0.2) is 54.7 Å². The van der Waals surface area contributed by atoms with Crippen LogP contribution in [0.25, 0.3) is 21.0 Å². The summed E-state index contributed by atoms with van der Waals surface area (Å²) in [4.78, 5) is 18.9. The molecule has 1 aliphatic rings. The van der Waals surface area contributed by atoms with E-state index in [1.807, 2.05) is 24.3 Å². The van der Waals surface area contributed by atoms with E-state index in [4.69, 9.17) is 4.42 Å². The van der Waals surface area contributed by atoms with E-state index < -0.39 is 15.8 Å². The van der Waals surface area contributed by atoms with Gasteiger partial charge in [-0.3, -0.25) is 4.79 Å². The van der Waals surface area contributed by atoms with Crippen molar-refractivity contribution < 1.29 is 22.0 Å². The number of carbonyl (C=O) groups is 1. The number of para-hydroxylation sites is 1. The molecule has 0 spiro atoms. The van der Waals surface area contributed by atoms with Crippen LogP contribution in [-0.2, 0) is 10.0 Å². The summed E-state index contributed by atoms with van der Waals surface area (Å²) in [5.74, 6) is -0.218. The minimum Gasteiger partial charge on any atom is -0.448 e. The molecule has 1 saturated heterocycles. The number of aromatic nitrogens is 1. The van der Waals surface area contributed by atoms with Crippen LogP contribution in [0.2, 0.25) is 0 Å². The van der Waals surface area contributed by atoms with Gasteiger partial charge in [-0.15, -0.1) is 11.3 Å². The van der Waals surface area contributed by atoms with E-state index in [-0.39, 0.29) is 42.7 Å². The Bertz CT molecular complexity index is 1370. The Kier molecular flexibility index (Phi) is 5.28. The van der Waals surface area contributed by atoms with Gasteiger partial charge in [-0.25, -0.2) is 17.8 Å². The summed E-state index contributed by atoms with van der Waals surface area (Å²) in [6.45, 7) is 0.668.